The number of carbonyl (C=O) groups is 1. The molecular weight excluding hydrogens is 328 g/mol. The Morgan fingerprint density at radius 1 is 1.17 bits per heavy atom. The van der Waals surface area contributed by atoms with Crippen LogP contribution in [0.2, 0.25) is 0 Å². The van der Waals surface area contributed by atoms with E-state index in [-0.39, 0.29) is 4.90 Å². The molecule has 126 valence electrons. The SMILES string of the molecule is CS(=O)(=O)c1cccc(CNc2ccccc2C=CC(=O)NO)c1. The van der Waals surface area contributed by atoms with Crippen LogP contribution in [-0.4, -0.2) is 25.8 Å². The van der Waals surface area contributed by atoms with Gasteiger partial charge < -0.3 is 5.32 Å². The number of sulfone groups is 1. The molecule has 2 aromatic carbocycles. The second kappa shape index (κ2) is 7.76. The van der Waals surface area contributed by atoms with E-state index in [0.717, 1.165) is 16.8 Å². The van der Waals surface area contributed by atoms with Crippen molar-refractivity contribution >= 4 is 27.5 Å². The first-order valence-corrected chi connectivity index (χ1v) is 9.03. The van der Waals surface area contributed by atoms with E-state index in [4.69, 9.17) is 5.21 Å². The van der Waals surface area contributed by atoms with Crippen LogP contribution in [0.3, 0.4) is 0 Å². The van der Waals surface area contributed by atoms with E-state index in [1.807, 2.05) is 30.3 Å². The standard InChI is InChI=1S/C17H18N2O4S/c1-24(22,23)15-7-4-5-13(11-15)12-18-16-8-3-2-6-14(16)9-10-17(20)19-21/h2-11,18,21H,12H2,1H3,(H,19,20). The summed E-state index contributed by atoms with van der Waals surface area (Å²) in [5.41, 5.74) is 3.90. The minimum Gasteiger partial charge on any atom is -0.380 e. The Hall–Kier alpha value is -2.64. The Morgan fingerprint density at radius 2 is 1.92 bits per heavy atom. The molecule has 0 atom stereocenters. The fraction of sp³-hybridized carbons (Fsp3) is 0.118. The smallest absolute Gasteiger partial charge is 0.267 e. The van der Waals surface area contributed by atoms with Gasteiger partial charge in [-0.1, -0.05) is 30.3 Å². The van der Waals surface area contributed by atoms with Gasteiger partial charge in [0.1, 0.15) is 0 Å². The number of amides is 1. The molecule has 0 bridgehead atoms. The van der Waals surface area contributed by atoms with E-state index in [2.05, 4.69) is 5.32 Å². The molecule has 0 aromatic heterocycles. The van der Waals surface area contributed by atoms with Gasteiger partial charge >= 0.3 is 0 Å². The topological polar surface area (TPSA) is 95.5 Å². The van der Waals surface area contributed by atoms with Crippen molar-refractivity contribution in [3.05, 3.63) is 65.7 Å². The van der Waals surface area contributed by atoms with Gasteiger partial charge in [-0.15, -0.1) is 0 Å². The van der Waals surface area contributed by atoms with Crippen LogP contribution in [0.25, 0.3) is 6.08 Å². The Labute approximate surface area is 140 Å². The Bertz CT molecular complexity index is 860. The summed E-state index contributed by atoms with van der Waals surface area (Å²) in [6.07, 6.45) is 3.96. The first-order chi connectivity index (χ1) is 11.4. The summed E-state index contributed by atoms with van der Waals surface area (Å²) in [5.74, 6) is -0.620. The molecule has 0 saturated heterocycles. The van der Waals surface area contributed by atoms with Crippen LogP contribution in [0, 0.1) is 0 Å². The summed E-state index contributed by atoms with van der Waals surface area (Å²) >= 11 is 0. The number of hydroxylamine groups is 1. The molecule has 0 aliphatic carbocycles. The second-order valence-corrected chi connectivity index (χ2v) is 7.19. The Morgan fingerprint density at radius 3 is 2.62 bits per heavy atom. The number of anilines is 1. The monoisotopic (exact) mass is 346 g/mol. The van der Waals surface area contributed by atoms with E-state index >= 15 is 0 Å². The summed E-state index contributed by atoms with van der Waals surface area (Å²) in [6.45, 7) is 0.431. The molecule has 3 N–H and O–H groups in total. The average Bonchev–Trinajstić information content (AvgIpc) is 2.58. The van der Waals surface area contributed by atoms with Crippen molar-refractivity contribution in [1.29, 1.82) is 0 Å². The quantitative estimate of drug-likeness (QED) is 0.423. The highest BCUT2D eigenvalue weighted by molar-refractivity contribution is 7.90. The van der Waals surface area contributed by atoms with Crippen LogP contribution in [-0.2, 0) is 21.2 Å². The van der Waals surface area contributed by atoms with Gasteiger partial charge in [0.2, 0.25) is 0 Å². The first kappa shape index (κ1) is 17.7. The molecule has 6 nitrogen and oxygen atoms in total. The average molecular weight is 346 g/mol. The number of hydrogen-bond donors (Lipinski definition) is 3. The van der Waals surface area contributed by atoms with E-state index in [0.29, 0.717) is 6.54 Å². The zero-order chi connectivity index (χ0) is 17.6. The summed E-state index contributed by atoms with van der Waals surface area (Å²) in [6, 6.07) is 14.0. The summed E-state index contributed by atoms with van der Waals surface area (Å²) < 4.78 is 23.2. The largest absolute Gasteiger partial charge is 0.380 e. The molecule has 0 spiro atoms. The highest BCUT2D eigenvalue weighted by Crippen LogP contribution is 2.18. The maximum atomic E-state index is 11.6. The molecule has 2 aromatic rings. The molecule has 1 amide bonds. The first-order valence-electron chi connectivity index (χ1n) is 7.14. The Balaban J connectivity index is 2.16. The van der Waals surface area contributed by atoms with E-state index in [1.165, 1.54) is 17.8 Å². The number of rotatable bonds is 6. The van der Waals surface area contributed by atoms with Crippen molar-refractivity contribution in [2.24, 2.45) is 0 Å². The highest BCUT2D eigenvalue weighted by Gasteiger charge is 2.07. The van der Waals surface area contributed by atoms with Crippen LogP contribution in [0.1, 0.15) is 11.1 Å². The number of nitrogens with one attached hydrogen (secondary N) is 2. The van der Waals surface area contributed by atoms with Crippen LogP contribution in [0.5, 0.6) is 0 Å². The molecule has 0 radical (unpaired) electrons. The van der Waals surface area contributed by atoms with Gasteiger partial charge in [-0.3, -0.25) is 10.0 Å². The zero-order valence-electron chi connectivity index (χ0n) is 13.1. The van der Waals surface area contributed by atoms with Crippen LogP contribution < -0.4 is 10.8 Å². The molecule has 2 rings (SSSR count). The van der Waals surface area contributed by atoms with Gasteiger partial charge in [-0.05, 0) is 35.4 Å². The Kier molecular flexibility index (Phi) is 5.73. The van der Waals surface area contributed by atoms with Gasteiger partial charge in [0, 0.05) is 24.6 Å². The molecular formula is C17H18N2O4S. The second-order valence-electron chi connectivity index (χ2n) is 5.17. The molecule has 0 fully saturated rings. The fourth-order valence-corrected chi connectivity index (χ4v) is 2.78. The van der Waals surface area contributed by atoms with Crippen molar-refractivity contribution in [2.75, 3.05) is 11.6 Å². The predicted octanol–water partition coefficient (Wildman–Crippen LogP) is 2.22. The van der Waals surface area contributed by atoms with E-state index in [9.17, 15) is 13.2 Å². The van der Waals surface area contributed by atoms with Crippen LogP contribution >= 0.6 is 0 Å². The molecule has 24 heavy (non-hydrogen) atoms. The number of carbonyl (C=O) groups excluding carboxylic acids is 1. The molecule has 7 heteroatoms. The molecule has 0 unspecified atom stereocenters. The van der Waals surface area contributed by atoms with E-state index in [1.54, 1.807) is 24.3 Å². The third-order valence-electron chi connectivity index (χ3n) is 3.29. The van der Waals surface area contributed by atoms with Crippen molar-refractivity contribution in [3.63, 3.8) is 0 Å². The molecule has 0 aliphatic heterocycles. The maximum Gasteiger partial charge on any atom is 0.267 e. The summed E-state index contributed by atoms with van der Waals surface area (Å²) in [5, 5.41) is 11.7. The lowest BCUT2D eigenvalue weighted by Crippen LogP contribution is -2.14. The maximum absolute atomic E-state index is 11.6. The highest BCUT2D eigenvalue weighted by atomic mass is 32.2. The van der Waals surface area contributed by atoms with Crippen molar-refractivity contribution in [1.82, 2.24) is 5.48 Å². The van der Waals surface area contributed by atoms with Gasteiger partial charge in [-0.2, -0.15) is 0 Å². The molecule has 0 aliphatic rings. The minimum atomic E-state index is -3.24. The normalized spacial score (nSPS) is 11.4. The van der Waals surface area contributed by atoms with Gasteiger partial charge in [0.25, 0.3) is 5.91 Å². The van der Waals surface area contributed by atoms with Gasteiger partial charge in [-0.25, -0.2) is 13.9 Å². The van der Waals surface area contributed by atoms with Crippen molar-refractivity contribution in [3.8, 4) is 0 Å². The third-order valence-corrected chi connectivity index (χ3v) is 4.41. The summed E-state index contributed by atoms with van der Waals surface area (Å²) in [4.78, 5) is 11.4. The van der Waals surface area contributed by atoms with Crippen LogP contribution in [0.4, 0.5) is 5.69 Å². The predicted molar refractivity (Wildman–Crippen MR) is 92.3 cm³/mol. The van der Waals surface area contributed by atoms with Crippen molar-refractivity contribution < 1.29 is 18.4 Å². The third kappa shape index (κ3) is 4.94. The lowest BCUT2D eigenvalue weighted by atomic mass is 10.1. The lowest BCUT2D eigenvalue weighted by molar-refractivity contribution is -0.124. The van der Waals surface area contributed by atoms with Crippen molar-refractivity contribution in [2.45, 2.75) is 11.4 Å². The van der Waals surface area contributed by atoms with Gasteiger partial charge in [0.15, 0.2) is 9.84 Å². The lowest BCUT2D eigenvalue weighted by Gasteiger charge is -2.10. The van der Waals surface area contributed by atoms with E-state index < -0.39 is 15.7 Å². The number of benzene rings is 2. The van der Waals surface area contributed by atoms with Gasteiger partial charge in [0.05, 0.1) is 4.90 Å². The minimum absolute atomic E-state index is 0.273. The van der Waals surface area contributed by atoms with Crippen LogP contribution in [0.15, 0.2) is 59.5 Å². The number of hydrogen-bond acceptors (Lipinski definition) is 5. The zero-order valence-corrected chi connectivity index (χ0v) is 13.9. The molecule has 0 heterocycles. The molecule has 0 saturated carbocycles. The summed E-state index contributed by atoms with van der Waals surface area (Å²) in [7, 11) is -3.24. The fourth-order valence-electron chi connectivity index (χ4n) is 2.09. The number of para-hydroxylation sites is 1.